The minimum absolute atomic E-state index is 0.0460. The van der Waals surface area contributed by atoms with Gasteiger partial charge in [-0.2, -0.15) is 0 Å². The number of benzene rings is 2. The number of carboxylic acids is 1. The van der Waals surface area contributed by atoms with Crippen molar-refractivity contribution in [2.75, 3.05) is 13.2 Å². The van der Waals surface area contributed by atoms with Crippen LogP contribution < -0.4 is 9.46 Å². The SMILES string of the molecule is O=C(O)c1ccc(S(=O)(=O)NCC2COc3ccccc3C2)cc1. The Labute approximate surface area is 140 Å². The summed E-state index contributed by atoms with van der Waals surface area (Å²) in [6, 6.07) is 12.8. The van der Waals surface area contributed by atoms with Crippen LogP contribution in [0.2, 0.25) is 0 Å². The zero-order chi connectivity index (χ0) is 17.2. The van der Waals surface area contributed by atoms with Gasteiger partial charge in [0, 0.05) is 12.5 Å². The summed E-state index contributed by atoms with van der Waals surface area (Å²) in [5.41, 5.74) is 1.12. The van der Waals surface area contributed by atoms with E-state index in [1.54, 1.807) is 0 Å². The van der Waals surface area contributed by atoms with E-state index in [0.29, 0.717) is 6.61 Å². The van der Waals surface area contributed by atoms with Gasteiger partial charge in [0.15, 0.2) is 0 Å². The first-order chi connectivity index (χ1) is 11.5. The third kappa shape index (κ3) is 3.58. The average molecular weight is 347 g/mol. The summed E-state index contributed by atoms with van der Waals surface area (Å²) in [6.07, 6.45) is 0.747. The van der Waals surface area contributed by atoms with E-state index < -0.39 is 16.0 Å². The normalized spacial score (nSPS) is 16.9. The number of sulfonamides is 1. The van der Waals surface area contributed by atoms with Crippen molar-refractivity contribution in [1.29, 1.82) is 0 Å². The molecule has 1 heterocycles. The van der Waals surface area contributed by atoms with Crippen molar-refractivity contribution in [3.8, 4) is 5.75 Å². The second kappa shape index (κ2) is 6.62. The molecule has 0 saturated heterocycles. The Kier molecular flexibility index (Phi) is 4.55. The van der Waals surface area contributed by atoms with Crippen LogP contribution in [-0.4, -0.2) is 32.6 Å². The van der Waals surface area contributed by atoms with Crippen LogP contribution in [0.4, 0.5) is 0 Å². The summed E-state index contributed by atoms with van der Waals surface area (Å²) in [6.45, 7) is 0.717. The summed E-state index contributed by atoms with van der Waals surface area (Å²) in [5.74, 6) is -0.196. The molecule has 7 heteroatoms. The van der Waals surface area contributed by atoms with E-state index in [9.17, 15) is 13.2 Å². The van der Waals surface area contributed by atoms with E-state index in [2.05, 4.69) is 4.72 Å². The minimum Gasteiger partial charge on any atom is -0.493 e. The number of fused-ring (bicyclic) bond motifs is 1. The maximum atomic E-state index is 12.3. The predicted octanol–water partition coefficient (Wildman–Crippen LogP) is 1.91. The van der Waals surface area contributed by atoms with E-state index >= 15 is 0 Å². The standard InChI is InChI=1S/C17H17NO5S/c19-17(20)13-5-7-15(8-6-13)24(21,22)18-10-12-9-14-3-1-2-4-16(14)23-11-12/h1-8,12,18H,9-11H2,(H,19,20). The fraction of sp³-hybridized carbons (Fsp3) is 0.235. The number of nitrogens with one attached hydrogen (secondary N) is 1. The molecule has 2 aromatic carbocycles. The van der Waals surface area contributed by atoms with Crippen LogP contribution in [-0.2, 0) is 16.4 Å². The number of ether oxygens (including phenoxy) is 1. The number of hydrogen-bond donors (Lipinski definition) is 2. The molecule has 2 aromatic rings. The molecule has 0 radical (unpaired) electrons. The Hall–Kier alpha value is -2.38. The highest BCUT2D eigenvalue weighted by atomic mass is 32.2. The first kappa shape index (κ1) is 16.5. The summed E-state index contributed by atoms with van der Waals surface area (Å²) >= 11 is 0. The molecule has 0 spiro atoms. The van der Waals surface area contributed by atoms with Gasteiger partial charge in [-0.1, -0.05) is 18.2 Å². The van der Waals surface area contributed by atoms with E-state index in [0.717, 1.165) is 17.7 Å². The number of rotatable bonds is 5. The third-order valence-electron chi connectivity index (χ3n) is 3.93. The van der Waals surface area contributed by atoms with Gasteiger partial charge in [-0.05, 0) is 42.3 Å². The molecule has 126 valence electrons. The van der Waals surface area contributed by atoms with E-state index in [-0.39, 0.29) is 22.9 Å². The molecule has 0 saturated carbocycles. The zero-order valence-corrected chi connectivity index (χ0v) is 13.6. The van der Waals surface area contributed by atoms with Crippen LogP contribution in [0.3, 0.4) is 0 Å². The molecule has 1 aliphatic rings. The lowest BCUT2D eigenvalue weighted by atomic mass is 9.97. The Morgan fingerprint density at radius 2 is 1.88 bits per heavy atom. The second-order valence-electron chi connectivity index (χ2n) is 5.67. The number of aromatic carboxylic acids is 1. The van der Waals surface area contributed by atoms with Crippen LogP contribution in [0.15, 0.2) is 53.4 Å². The molecule has 0 amide bonds. The monoisotopic (exact) mass is 347 g/mol. The topological polar surface area (TPSA) is 92.7 Å². The lowest BCUT2D eigenvalue weighted by molar-refractivity contribution is 0.0696. The van der Waals surface area contributed by atoms with Gasteiger partial charge in [-0.25, -0.2) is 17.9 Å². The molecular formula is C17H17NO5S. The number of carbonyl (C=O) groups is 1. The van der Waals surface area contributed by atoms with Gasteiger partial charge in [-0.15, -0.1) is 0 Å². The Morgan fingerprint density at radius 1 is 1.17 bits per heavy atom. The summed E-state index contributed by atoms with van der Waals surface area (Å²) in [7, 11) is -3.68. The smallest absolute Gasteiger partial charge is 0.335 e. The highest BCUT2D eigenvalue weighted by molar-refractivity contribution is 7.89. The molecule has 1 atom stereocenters. The van der Waals surface area contributed by atoms with Crippen LogP contribution in [0, 0.1) is 5.92 Å². The maximum absolute atomic E-state index is 12.3. The summed E-state index contributed by atoms with van der Waals surface area (Å²) < 4.78 is 32.8. The van der Waals surface area contributed by atoms with Gasteiger partial charge in [0.1, 0.15) is 5.75 Å². The third-order valence-corrected chi connectivity index (χ3v) is 5.37. The molecule has 0 bridgehead atoms. The molecule has 0 fully saturated rings. The number of hydrogen-bond acceptors (Lipinski definition) is 4. The molecule has 24 heavy (non-hydrogen) atoms. The van der Waals surface area contributed by atoms with E-state index in [4.69, 9.17) is 9.84 Å². The minimum atomic E-state index is -3.68. The van der Waals surface area contributed by atoms with Gasteiger partial charge >= 0.3 is 5.97 Å². The summed E-state index contributed by atoms with van der Waals surface area (Å²) in [4.78, 5) is 10.9. The maximum Gasteiger partial charge on any atom is 0.335 e. The number of para-hydroxylation sites is 1. The molecule has 1 unspecified atom stereocenters. The molecule has 2 N–H and O–H groups in total. The lowest BCUT2D eigenvalue weighted by Gasteiger charge is -2.25. The Bertz CT molecular complexity index is 846. The first-order valence-electron chi connectivity index (χ1n) is 7.49. The van der Waals surface area contributed by atoms with Crippen LogP contribution in [0.5, 0.6) is 5.75 Å². The van der Waals surface area contributed by atoms with Gasteiger partial charge < -0.3 is 9.84 Å². The van der Waals surface area contributed by atoms with Crippen LogP contribution >= 0.6 is 0 Å². The van der Waals surface area contributed by atoms with Crippen LogP contribution in [0.25, 0.3) is 0 Å². The van der Waals surface area contributed by atoms with Crippen molar-refractivity contribution in [2.24, 2.45) is 5.92 Å². The van der Waals surface area contributed by atoms with Crippen molar-refractivity contribution in [3.63, 3.8) is 0 Å². The molecule has 0 aromatic heterocycles. The molecule has 0 aliphatic carbocycles. The van der Waals surface area contributed by atoms with Gasteiger partial charge in [-0.3, -0.25) is 0 Å². The van der Waals surface area contributed by atoms with Crippen molar-refractivity contribution < 1.29 is 23.1 Å². The Balaban J connectivity index is 1.64. The number of carboxylic acid groups (broad SMARTS) is 1. The first-order valence-corrected chi connectivity index (χ1v) is 8.98. The lowest BCUT2D eigenvalue weighted by Crippen LogP contribution is -2.34. The highest BCUT2D eigenvalue weighted by Gasteiger charge is 2.22. The fourth-order valence-electron chi connectivity index (χ4n) is 2.61. The zero-order valence-electron chi connectivity index (χ0n) is 12.8. The van der Waals surface area contributed by atoms with Crippen molar-refractivity contribution in [1.82, 2.24) is 4.72 Å². The van der Waals surface area contributed by atoms with Crippen LogP contribution in [0.1, 0.15) is 15.9 Å². The Morgan fingerprint density at radius 3 is 2.58 bits per heavy atom. The summed E-state index contributed by atoms with van der Waals surface area (Å²) in [5, 5.41) is 8.85. The predicted molar refractivity (Wildman–Crippen MR) is 87.7 cm³/mol. The van der Waals surface area contributed by atoms with Crippen molar-refractivity contribution in [3.05, 3.63) is 59.7 Å². The largest absolute Gasteiger partial charge is 0.493 e. The van der Waals surface area contributed by atoms with Crippen molar-refractivity contribution >= 4 is 16.0 Å². The van der Waals surface area contributed by atoms with E-state index in [1.165, 1.54) is 24.3 Å². The molecule has 1 aliphatic heterocycles. The fourth-order valence-corrected chi connectivity index (χ4v) is 3.73. The average Bonchev–Trinajstić information content (AvgIpc) is 2.60. The molecule has 3 rings (SSSR count). The van der Waals surface area contributed by atoms with Gasteiger partial charge in [0.2, 0.25) is 10.0 Å². The van der Waals surface area contributed by atoms with E-state index in [1.807, 2.05) is 24.3 Å². The van der Waals surface area contributed by atoms with Gasteiger partial charge in [0.05, 0.1) is 17.1 Å². The van der Waals surface area contributed by atoms with Crippen molar-refractivity contribution in [2.45, 2.75) is 11.3 Å². The van der Waals surface area contributed by atoms with Gasteiger partial charge in [0.25, 0.3) is 0 Å². The second-order valence-corrected chi connectivity index (χ2v) is 7.44. The molecule has 6 nitrogen and oxygen atoms in total. The quantitative estimate of drug-likeness (QED) is 0.862. The highest BCUT2D eigenvalue weighted by Crippen LogP contribution is 2.26. The molecular weight excluding hydrogens is 330 g/mol.